The van der Waals surface area contributed by atoms with E-state index in [-0.39, 0.29) is 5.56 Å². The van der Waals surface area contributed by atoms with Crippen LogP contribution >= 0.6 is 0 Å². The number of hydrogen-bond donors (Lipinski definition) is 3. The number of carbonyl (C=O) groups excluding carboxylic acids is 1. The number of rotatable bonds is 3. The lowest BCUT2D eigenvalue weighted by Gasteiger charge is -2.14. The molecule has 0 fully saturated rings. The zero-order valence-corrected chi connectivity index (χ0v) is 14.9. The minimum absolute atomic E-state index is 0.154. The van der Waals surface area contributed by atoms with Gasteiger partial charge in [0.2, 0.25) is 0 Å². The van der Waals surface area contributed by atoms with E-state index >= 15 is 0 Å². The van der Waals surface area contributed by atoms with Crippen LogP contribution in [0.5, 0.6) is 0 Å². The summed E-state index contributed by atoms with van der Waals surface area (Å²) >= 11 is 0. The molecule has 0 heterocycles. The van der Waals surface area contributed by atoms with Gasteiger partial charge in [-0.25, -0.2) is 9.59 Å². The van der Waals surface area contributed by atoms with Gasteiger partial charge < -0.3 is 15.7 Å². The standard InChI is InChI=1S/C21H20N2O3/c1-12-8-13(2)19(14(3)9-12)23-21(26)22-16-10-15-6-4-5-7-17(15)18(11-16)20(24)25/h4-11H,1-3H3,(H,24,25)(H2,22,23,26). The molecule has 0 bridgehead atoms. The van der Waals surface area contributed by atoms with E-state index < -0.39 is 12.0 Å². The van der Waals surface area contributed by atoms with Crippen LogP contribution in [0, 0.1) is 20.8 Å². The number of hydrogen-bond acceptors (Lipinski definition) is 2. The Balaban J connectivity index is 1.89. The first kappa shape index (κ1) is 17.5. The fourth-order valence-corrected chi connectivity index (χ4v) is 3.21. The summed E-state index contributed by atoms with van der Waals surface area (Å²) in [4.78, 5) is 24.0. The van der Waals surface area contributed by atoms with E-state index in [0.29, 0.717) is 11.1 Å². The zero-order valence-electron chi connectivity index (χ0n) is 14.9. The van der Waals surface area contributed by atoms with Crippen molar-refractivity contribution in [2.45, 2.75) is 20.8 Å². The van der Waals surface area contributed by atoms with Crippen LogP contribution in [-0.2, 0) is 0 Å². The summed E-state index contributed by atoms with van der Waals surface area (Å²) in [5.74, 6) is -1.03. The number of carbonyl (C=O) groups is 2. The Kier molecular flexibility index (Phi) is 4.63. The molecule has 5 nitrogen and oxygen atoms in total. The number of urea groups is 1. The minimum atomic E-state index is -1.03. The number of nitrogens with one attached hydrogen (secondary N) is 2. The molecule has 0 aliphatic rings. The van der Waals surface area contributed by atoms with E-state index in [1.54, 1.807) is 18.2 Å². The van der Waals surface area contributed by atoms with Gasteiger partial charge >= 0.3 is 12.0 Å². The Morgan fingerprint density at radius 1 is 0.885 bits per heavy atom. The third-order valence-corrected chi connectivity index (χ3v) is 4.27. The van der Waals surface area contributed by atoms with Gasteiger partial charge in [0.05, 0.1) is 5.56 Å². The fourth-order valence-electron chi connectivity index (χ4n) is 3.21. The van der Waals surface area contributed by atoms with Crippen LogP contribution < -0.4 is 10.6 Å². The fraction of sp³-hybridized carbons (Fsp3) is 0.143. The van der Waals surface area contributed by atoms with Crippen molar-refractivity contribution in [3.8, 4) is 0 Å². The predicted octanol–water partition coefficient (Wildman–Crippen LogP) is 5.11. The maximum atomic E-state index is 12.4. The van der Waals surface area contributed by atoms with Gasteiger partial charge in [-0.2, -0.15) is 0 Å². The lowest BCUT2D eigenvalue weighted by molar-refractivity contribution is 0.0699. The smallest absolute Gasteiger partial charge is 0.336 e. The van der Waals surface area contributed by atoms with Crippen LogP contribution in [0.25, 0.3) is 10.8 Å². The first-order valence-electron chi connectivity index (χ1n) is 8.27. The Bertz CT molecular complexity index is 1000. The summed E-state index contributed by atoms with van der Waals surface area (Å²) in [7, 11) is 0. The lowest BCUT2D eigenvalue weighted by atomic mass is 10.0. The first-order valence-corrected chi connectivity index (χ1v) is 8.27. The summed E-state index contributed by atoms with van der Waals surface area (Å²) in [6.45, 7) is 5.88. The van der Waals surface area contributed by atoms with E-state index in [1.165, 1.54) is 6.07 Å². The van der Waals surface area contributed by atoms with Gasteiger partial charge in [-0.15, -0.1) is 0 Å². The van der Waals surface area contributed by atoms with Gasteiger partial charge in [0, 0.05) is 11.4 Å². The molecule has 0 aliphatic carbocycles. The highest BCUT2D eigenvalue weighted by atomic mass is 16.4. The Labute approximate surface area is 151 Å². The summed E-state index contributed by atoms with van der Waals surface area (Å²) in [6, 6.07) is 14.0. The molecule has 0 radical (unpaired) electrons. The van der Waals surface area contributed by atoms with Crippen molar-refractivity contribution in [2.75, 3.05) is 10.6 Å². The quantitative estimate of drug-likeness (QED) is 0.615. The van der Waals surface area contributed by atoms with Crippen LogP contribution in [0.15, 0.2) is 48.5 Å². The molecule has 132 valence electrons. The molecule has 3 aromatic carbocycles. The van der Waals surface area contributed by atoms with E-state index in [9.17, 15) is 14.7 Å². The molecular formula is C21H20N2O3. The van der Waals surface area contributed by atoms with Gasteiger partial charge in [0.15, 0.2) is 0 Å². The number of carboxylic acids is 1. The second-order valence-corrected chi connectivity index (χ2v) is 6.40. The third kappa shape index (κ3) is 3.52. The van der Waals surface area contributed by atoms with Crippen molar-refractivity contribution in [3.63, 3.8) is 0 Å². The molecule has 0 aliphatic heterocycles. The van der Waals surface area contributed by atoms with Gasteiger partial charge in [-0.05, 0) is 54.8 Å². The van der Waals surface area contributed by atoms with Crippen molar-refractivity contribution < 1.29 is 14.7 Å². The lowest BCUT2D eigenvalue weighted by Crippen LogP contribution is -2.21. The van der Waals surface area contributed by atoms with Crippen molar-refractivity contribution in [1.29, 1.82) is 0 Å². The zero-order chi connectivity index (χ0) is 18.8. The number of anilines is 2. The summed E-state index contributed by atoms with van der Waals surface area (Å²) in [5.41, 5.74) is 4.42. The van der Waals surface area contributed by atoms with Gasteiger partial charge in [0.25, 0.3) is 0 Å². The molecule has 0 saturated heterocycles. The van der Waals surface area contributed by atoms with E-state index in [0.717, 1.165) is 27.8 Å². The number of fused-ring (bicyclic) bond motifs is 1. The van der Waals surface area contributed by atoms with Crippen molar-refractivity contribution in [2.24, 2.45) is 0 Å². The second-order valence-electron chi connectivity index (χ2n) is 6.40. The average Bonchev–Trinajstić information content (AvgIpc) is 2.57. The maximum absolute atomic E-state index is 12.4. The summed E-state index contributed by atoms with van der Waals surface area (Å²) in [5, 5.41) is 16.4. The topological polar surface area (TPSA) is 78.4 Å². The Morgan fingerprint density at radius 2 is 1.54 bits per heavy atom. The van der Waals surface area contributed by atoms with Crippen LogP contribution in [0.3, 0.4) is 0 Å². The highest BCUT2D eigenvalue weighted by Crippen LogP contribution is 2.25. The molecule has 0 spiro atoms. The van der Waals surface area contributed by atoms with Crippen LogP contribution in [0.4, 0.5) is 16.2 Å². The highest BCUT2D eigenvalue weighted by molar-refractivity contribution is 6.08. The molecule has 5 heteroatoms. The third-order valence-electron chi connectivity index (χ3n) is 4.27. The summed E-state index contributed by atoms with van der Waals surface area (Å²) in [6.07, 6.45) is 0. The molecule has 3 N–H and O–H groups in total. The Morgan fingerprint density at radius 3 is 2.19 bits per heavy atom. The molecule has 3 rings (SSSR count). The number of aromatic carboxylic acids is 1. The molecule has 0 aromatic heterocycles. The highest BCUT2D eigenvalue weighted by Gasteiger charge is 2.13. The second kappa shape index (κ2) is 6.88. The molecule has 0 saturated carbocycles. The van der Waals surface area contributed by atoms with E-state index in [1.807, 2.05) is 45.0 Å². The molecule has 26 heavy (non-hydrogen) atoms. The van der Waals surface area contributed by atoms with Crippen LogP contribution in [0.2, 0.25) is 0 Å². The number of carboxylic acid groups (broad SMARTS) is 1. The van der Waals surface area contributed by atoms with Gasteiger partial charge in [-0.3, -0.25) is 0 Å². The molecule has 0 unspecified atom stereocenters. The van der Waals surface area contributed by atoms with Gasteiger partial charge in [0.1, 0.15) is 0 Å². The van der Waals surface area contributed by atoms with Crippen LogP contribution in [-0.4, -0.2) is 17.1 Å². The van der Waals surface area contributed by atoms with Crippen molar-refractivity contribution in [1.82, 2.24) is 0 Å². The number of aryl methyl sites for hydroxylation is 3. The average molecular weight is 348 g/mol. The monoisotopic (exact) mass is 348 g/mol. The molecule has 3 aromatic rings. The largest absolute Gasteiger partial charge is 0.478 e. The van der Waals surface area contributed by atoms with Crippen molar-refractivity contribution >= 4 is 34.1 Å². The van der Waals surface area contributed by atoms with Gasteiger partial charge in [-0.1, -0.05) is 42.0 Å². The van der Waals surface area contributed by atoms with E-state index in [2.05, 4.69) is 10.6 Å². The molecule has 0 atom stereocenters. The molecular weight excluding hydrogens is 328 g/mol. The Hall–Kier alpha value is -3.34. The predicted molar refractivity (Wildman–Crippen MR) is 104 cm³/mol. The number of amides is 2. The SMILES string of the molecule is Cc1cc(C)c(NC(=O)Nc2cc(C(=O)O)c3ccccc3c2)c(C)c1. The summed E-state index contributed by atoms with van der Waals surface area (Å²) < 4.78 is 0. The maximum Gasteiger partial charge on any atom is 0.336 e. The number of benzene rings is 3. The molecule has 2 amide bonds. The normalized spacial score (nSPS) is 10.6. The van der Waals surface area contributed by atoms with E-state index in [4.69, 9.17) is 0 Å². The van der Waals surface area contributed by atoms with Crippen molar-refractivity contribution in [3.05, 3.63) is 70.8 Å². The first-order chi connectivity index (χ1) is 12.3. The minimum Gasteiger partial charge on any atom is -0.478 e. The van der Waals surface area contributed by atoms with Crippen LogP contribution in [0.1, 0.15) is 27.0 Å².